The van der Waals surface area contributed by atoms with E-state index in [0.717, 1.165) is 51.9 Å². The monoisotopic (exact) mass is 201 g/mol. The lowest BCUT2D eigenvalue weighted by Gasteiger charge is -2.24. The first-order valence-electron chi connectivity index (χ1n) is 5.81. The van der Waals surface area contributed by atoms with E-state index in [9.17, 15) is 4.39 Å². The van der Waals surface area contributed by atoms with Gasteiger partial charge in [0.05, 0.1) is 0 Å². The van der Waals surface area contributed by atoms with E-state index in [-0.39, 0.29) is 6.04 Å². The van der Waals surface area contributed by atoms with E-state index in [0.29, 0.717) is 5.92 Å². The number of halogens is 1. The van der Waals surface area contributed by atoms with E-state index in [1.807, 2.05) is 0 Å². The quantitative estimate of drug-likeness (QED) is 0.753. The first-order chi connectivity index (χ1) is 6.86. The van der Waals surface area contributed by atoms with Crippen molar-refractivity contribution in [3.8, 4) is 0 Å². The molecule has 14 heavy (non-hydrogen) atoms. The first-order valence-corrected chi connectivity index (χ1v) is 5.81. The van der Waals surface area contributed by atoms with Crippen molar-refractivity contribution in [3.63, 3.8) is 0 Å². The zero-order valence-corrected chi connectivity index (χ0v) is 8.68. The van der Waals surface area contributed by atoms with Crippen LogP contribution in [-0.4, -0.2) is 32.0 Å². The maximum Gasteiger partial charge on any atom is 0.115 e. The van der Waals surface area contributed by atoms with Gasteiger partial charge in [-0.15, -0.1) is 0 Å². The summed E-state index contributed by atoms with van der Waals surface area (Å²) in [5.74, 6) is 0.705. The molecule has 1 N–H and O–H groups in total. The van der Waals surface area contributed by atoms with Gasteiger partial charge >= 0.3 is 0 Å². The summed E-state index contributed by atoms with van der Waals surface area (Å²) in [5.41, 5.74) is 0. The minimum atomic E-state index is -0.602. The van der Waals surface area contributed by atoms with Crippen molar-refractivity contribution in [1.82, 2.24) is 5.32 Å². The molecule has 0 spiro atoms. The number of nitrogens with one attached hydrogen (secondary N) is 1. The molecule has 2 fully saturated rings. The fraction of sp³-hybridized carbons (Fsp3) is 1.00. The minimum absolute atomic E-state index is 0.137. The Morgan fingerprint density at radius 2 is 1.93 bits per heavy atom. The summed E-state index contributed by atoms with van der Waals surface area (Å²) in [4.78, 5) is 0. The number of rotatable bonds is 3. The molecular weight excluding hydrogens is 181 g/mol. The highest BCUT2D eigenvalue weighted by Crippen LogP contribution is 2.22. The van der Waals surface area contributed by atoms with Gasteiger partial charge < -0.3 is 10.1 Å². The number of hydrogen-bond acceptors (Lipinski definition) is 2. The van der Waals surface area contributed by atoms with Crippen LogP contribution in [0.2, 0.25) is 0 Å². The number of ether oxygens (including phenoxy) is 1. The Hall–Kier alpha value is -0.150. The molecule has 82 valence electrons. The van der Waals surface area contributed by atoms with Gasteiger partial charge in [-0.3, -0.25) is 0 Å². The summed E-state index contributed by atoms with van der Waals surface area (Å²) in [7, 11) is 0. The van der Waals surface area contributed by atoms with E-state index >= 15 is 0 Å². The molecular formula is C11H20FNO. The molecule has 0 aromatic heterocycles. The Morgan fingerprint density at radius 1 is 1.14 bits per heavy atom. The lowest BCUT2D eigenvalue weighted by Crippen LogP contribution is -2.38. The molecule has 2 aliphatic rings. The van der Waals surface area contributed by atoms with Crippen LogP contribution in [0.15, 0.2) is 0 Å². The summed E-state index contributed by atoms with van der Waals surface area (Å²) in [6, 6.07) is 0.137. The maximum absolute atomic E-state index is 13.3. The predicted octanol–water partition coefficient (Wildman–Crippen LogP) is 1.89. The third-order valence-electron chi connectivity index (χ3n) is 3.44. The predicted molar refractivity (Wildman–Crippen MR) is 54.1 cm³/mol. The molecule has 1 saturated heterocycles. The normalized spacial score (nSPS) is 34.9. The van der Waals surface area contributed by atoms with Crippen LogP contribution in [0, 0.1) is 5.92 Å². The molecule has 0 aromatic rings. The lowest BCUT2D eigenvalue weighted by atomic mass is 10.00. The van der Waals surface area contributed by atoms with Crippen LogP contribution in [0.5, 0.6) is 0 Å². The van der Waals surface area contributed by atoms with Gasteiger partial charge in [-0.1, -0.05) is 0 Å². The van der Waals surface area contributed by atoms with Gasteiger partial charge in [0.2, 0.25) is 0 Å². The lowest BCUT2D eigenvalue weighted by molar-refractivity contribution is 0.0646. The van der Waals surface area contributed by atoms with Crippen molar-refractivity contribution in [3.05, 3.63) is 0 Å². The van der Waals surface area contributed by atoms with Crippen LogP contribution in [0.3, 0.4) is 0 Å². The molecule has 0 aromatic carbocycles. The Morgan fingerprint density at radius 3 is 2.57 bits per heavy atom. The molecule has 2 nitrogen and oxygen atoms in total. The third kappa shape index (κ3) is 2.67. The first kappa shape index (κ1) is 10.4. The summed E-state index contributed by atoms with van der Waals surface area (Å²) < 4.78 is 18.5. The zero-order valence-electron chi connectivity index (χ0n) is 8.68. The summed E-state index contributed by atoms with van der Waals surface area (Å²) >= 11 is 0. The Balaban J connectivity index is 1.65. The van der Waals surface area contributed by atoms with Crippen LogP contribution >= 0.6 is 0 Å². The topological polar surface area (TPSA) is 21.3 Å². The average Bonchev–Trinajstić information content (AvgIpc) is 2.63. The van der Waals surface area contributed by atoms with Crippen LogP contribution in [-0.2, 0) is 4.74 Å². The highest BCUT2D eigenvalue weighted by Gasteiger charge is 2.27. The number of hydrogen-bond donors (Lipinski definition) is 1. The van der Waals surface area contributed by atoms with Gasteiger partial charge in [0, 0.05) is 19.3 Å². The van der Waals surface area contributed by atoms with Crippen molar-refractivity contribution in [1.29, 1.82) is 0 Å². The minimum Gasteiger partial charge on any atom is -0.381 e. The Bertz CT molecular complexity index is 171. The summed E-state index contributed by atoms with van der Waals surface area (Å²) in [5, 5.41) is 3.37. The molecule has 0 radical (unpaired) electrons. The Kier molecular flexibility index (Phi) is 3.76. The molecule has 1 aliphatic heterocycles. The fourth-order valence-electron chi connectivity index (χ4n) is 2.41. The maximum atomic E-state index is 13.3. The van der Waals surface area contributed by atoms with Gasteiger partial charge in [-0.2, -0.15) is 0 Å². The molecule has 1 heterocycles. The van der Waals surface area contributed by atoms with Crippen molar-refractivity contribution >= 4 is 0 Å². The molecule has 2 rings (SSSR count). The largest absolute Gasteiger partial charge is 0.381 e. The van der Waals surface area contributed by atoms with Crippen LogP contribution in [0.4, 0.5) is 4.39 Å². The van der Waals surface area contributed by atoms with Gasteiger partial charge in [0.25, 0.3) is 0 Å². The van der Waals surface area contributed by atoms with Gasteiger partial charge in [-0.05, 0) is 44.6 Å². The van der Waals surface area contributed by atoms with Crippen LogP contribution in [0.25, 0.3) is 0 Å². The van der Waals surface area contributed by atoms with E-state index < -0.39 is 6.17 Å². The Labute approximate surface area is 85.2 Å². The van der Waals surface area contributed by atoms with E-state index in [4.69, 9.17) is 4.74 Å². The standard InChI is InChI=1S/C11H20FNO/c12-10-2-1-3-11(10)13-8-9-4-6-14-7-5-9/h9-11,13H,1-8H2/t10-,11-/m1/s1. The fourth-order valence-corrected chi connectivity index (χ4v) is 2.41. The van der Waals surface area contributed by atoms with Crippen LogP contribution < -0.4 is 5.32 Å². The highest BCUT2D eigenvalue weighted by atomic mass is 19.1. The van der Waals surface area contributed by atoms with Crippen molar-refractivity contribution in [2.45, 2.75) is 44.3 Å². The molecule has 0 unspecified atom stereocenters. The summed E-state index contributed by atoms with van der Waals surface area (Å²) in [6.45, 7) is 2.75. The zero-order chi connectivity index (χ0) is 9.80. The SMILES string of the molecule is F[C@@H]1CCC[C@H]1NCC1CCOCC1. The highest BCUT2D eigenvalue weighted by molar-refractivity contribution is 4.83. The molecule has 1 saturated carbocycles. The second-order valence-corrected chi connectivity index (χ2v) is 4.52. The van der Waals surface area contributed by atoms with E-state index in [1.165, 1.54) is 0 Å². The van der Waals surface area contributed by atoms with Crippen LogP contribution in [0.1, 0.15) is 32.1 Å². The molecule has 0 bridgehead atoms. The van der Waals surface area contributed by atoms with Gasteiger partial charge in [-0.25, -0.2) is 4.39 Å². The van der Waals surface area contributed by atoms with Gasteiger partial charge in [0.1, 0.15) is 6.17 Å². The van der Waals surface area contributed by atoms with E-state index in [2.05, 4.69) is 5.32 Å². The second-order valence-electron chi connectivity index (χ2n) is 4.52. The second kappa shape index (κ2) is 5.08. The molecule has 0 amide bonds. The average molecular weight is 201 g/mol. The smallest absolute Gasteiger partial charge is 0.115 e. The molecule has 3 heteroatoms. The molecule has 2 atom stereocenters. The van der Waals surface area contributed by atoms with Gasteiger partial charge in [0.15, 0.2) is 0 Å². The van der Waals surface area contributed by atoms with E-state index in [1.54, 1.807) is 0 Å². The summed E-state index contributed by atoms with van der Waals surface area (Å²) in [6.07, 6.45) is 4.49. The van der Waals surface area contributed by atoms with Crippen molar-refractivity contribution in [2.24, 2.45) is 5.92 Å². The van der Waals surface area contributed by atoms with Crippen molar-refractivity contribution in [2.75, 3.05) is 19.8 Å². The number of alkyl halides is 1. The third-order valence-corrected chi connectivity index (χ3v) is 3.44. The molecule has 1 aliphatic carbocycles. The van der Waals surface area contributed by atoms with Crippen molar-refractivity contribution < 1.29 is 9.13 Å².